The lowest BCUT2D eigenvalue weighted by atomic mass is 9.93. The van der Waals surface area contributed by atoms with Crippen molar-refractivity contribution in [3.63, 3.8) is 0 Å². The number of rotatable bonds is 4. The Hall–Kier alpha value is -2.47. The second-order valence-corrected chi connectivity index (χ2v) is 8.04. The molecule has 3 heterocycles. The van der Waals surface area contributed by atoms with Crippen LogP contribution in [0.2, 0.25) is 0 Å². The molecule has 1 aromatic heterocycles. The van der Waals surface area contributed by atoms with E-state index in [9.17, 15) is 9.59 Å². The van der Waals surface area contributed by atoms with Crippen molar-refractivity contribution in [2.24, 2.45) is 0 Å². The van der Waals surface area contributed by atoms with E-state index in [2.05, 4.69) is 39.1 Å². The summed E-state index contributed by atoms with van der Waals surface area (Å²) >= 11 is 0. The van der Waals surface area contributed by atoms with Crippen LogP contribution in [0.1, 0.15) is 48.2 Å². The Morgan fingerprint density at radius 2 is 1.82 bits per heavy atom. The lowest BCUT2D eigenvalue weighted by Crippen LogP contribution is -2.43. The first-order chi connectivity index (χ1) is 13.6. The number of carbonyl (C=O) groups is 1. The molecule has 0 aliphatic carbocycles. The van der Waals surface area contributed by atoms with E-state index in [-0.39, 0.29) is 17.4 Å². The maximum Gasteiger partial charge on any atom is 0.251 e. The molecule has 0 unspecified atom stereocenters. The smallest absolute Gasteiger partial charge is 0.251 e. The molecule has 2 saturated heterocycles. The molecule has 2 aliphatic rings. The van der Waals surface area contributed by atoms with E-state index in [0.717, 1.165) is 51.1 Å². The molecule has 6 nitrogen and oxygen atoms in total. The van der Waals surface area contributed by atoms with Crippen LogP contribution in [0.4, 0.5) is 0 Å². The number of hydrogen-bond acceptors (Lipinski definition) is 4. The first kappa shape index (κ1) is 18.9. The van der Waals surface area contributed by atoms with Gasteiger partial charge in [-0.3, -0.25) is 14.5 Å². The van der Waals surface area contributed by atoms with Crippen molar-refractivity contribution in [3.05, 3.63) is 63.8 Å². The fourth-order valence-corrected chi connectivity index (χ4v) is 4.50. The van der Waals surface area contributed by atoms with Gasteiger partial charge in [0, 0.05) is 31.6 Å². The minimum Gasteiger partial charge on any atom is -0.342 e. The molecule has 2 fully saturated rings. The molecule has 1 N–H and O–H groups in total. The maximum absolute atomic E-state index is 12.8. The zero-order valence-corrected chi connectivity index (χ0v) is 16.4. The molecule has 2 aliphatic heterocycles. The van der Waals surface area contributed by atoms with E-state index in [1.165, 1.54) is 5.56 Å². The summed E-state index contributed by atoms with van der Waals surface area (Å²) in [5.74, 6) is 1.68. The molecular formula is C22H28N4O2. The highest BCUT2D eigenvalue weighted by atomic mass is 16.2. The van der Waals surface area contributed by atoms with Crippen LogP contribution in [-0.2, 0) is 4.79 Å². The SMILES string of the molecule is Cc1nc(C2CCN(C(=O)CN3CC[C@H](c4ccccc4)C3)CC2)cc(=O)[nH]1. The Kier molecular flexibility index (Phi) is 5.57. The van der Waals surface area contributed by atoms with E-state index in [1.807, 2.05) is 17.9 Å². The molecule has 0 spiro atoms. The van der Waals surface area contributed by atoms with Gasteiger partial charge in [-0.25, -0.2) is 4.98 Å². The van der Waals surface area contributed by atoms with Gasteiger partial charge in [-0.2, -0.15) is 0 Å². The summed E-state index contributed by atoms with van der Waals surface area (Å²) in [6, 6.07) is 12.2. The highest BCUT2D eigenvalue weighted by Gasteiger charge is 2.29. The summed E-state index contributed by atoms with van der Waals surface area (Å²) in [5.41, 5.74) is 2.14. The molecule has 0 saturated carbocycles. The number of aromatic amines is 1. The maximum atomic E-state index is 12.8. The van der Waals surface area contributed by atoms with Crippen LogP contribution >= 0.6 is 0 Å². The van der Waals surface area contributed by atoms with Crippen LogP contribution in [-0.4, -0.2) is 58.4 Å². The molecule has 2 aromatic rings. The second-order valence-electron chi connectivity index (χ2n) is 8.04. The number of carbonyl (C=O) groups excluding carboxylic acids is 1. The lowest BCUT2D eigenvalue weighted by Gasteiger charge is -2.32. The van der Waals surface area contributed by atoms with Crippen LogP contribution in [0.5, 0.6) is 0 Å². The van der Waals surface area contributed by atoms with Gasteiger partial charge in [0.15, 0.2) is 0 Å². The van der Waals surface area contributed by atoms with Crippen molar-refractivity contribution in [1.29, 1.82) is 0 Å². The molecule has 1 aromatic carbocycles. The zero-order chi connectivity index (χ0) is 19.5. The summed E-state index contributed by atoms with van der Waals surface area (Å²) < 4.78 is 0. The standard InChI is InChI=1S/C22H28N4O2/c1-16-23-20(13-21(27)24-16)18-8-11-26(12-9-18)22(28)15-25-10-7-19(14-25)17-5-3-2-4-6-17/h2-6,13,18-19H,7-12,14-15H2,1H3,(H,23,24,27)/t19-/m0/s1. The predicted octanol–water partition coefficient (Wildman–Crippen LogP) is 2.27. The first-order valence-electron chi connectivity index (χ1n) is 10.2. The predicted molar refractivity (Wildman–Crippen MR) is 108 cm³/mol. The summed E-state index contributed by atoms with van der Waals surface area (Å²) in [7, 11) is 0. The molecule has 148 valence electrons. The molecule has 0 radical (unpaired) electrons. The number of nitrogens with one attached hydrogen (secondary N) is 1. The van der Waals surface area contributed by atoms with Crippen LogP contribution < -0.4 is 5.56 Å². The quantitative estimate of drug-likeness (QED) is 0.884. The van der Waals surface area contributed by atoms with Gasteiger partial charge >= 0.3 is 0 Å². The minimum atomic E-state index is -0.0944. The number of piperidine rings is 1. The summed E-state index contributed by atoms with van der Waals surface area (Å²) in [5, 5.41) is 0. The first-order valence-corrected chi connectivity index (χ1v) is 10.2. The van der Waals surface area contributed by atoms with Gasteiger partial charge in [0.1, 0.15) is 5.82 Å². The number of likely N-dealkylation sites (tertiary alicyclic amines) is 2. The Morgan fingerprint density at radius 1 is 1.11 bits per heavy atom. The Balaban J connectivity index is 1.28. The van der Waals surface area contributed by atoms with Crippen molar-refractivity contribution in [2.75, 3.05) is 32.7 Å². The van der Waals surface area contributed by atoms with Gasteiger partial charge in [-0.1, -0.05) is 30.3 Å². The zero-order valence-electron chi connectivity index (χ0n) is 16.4. The van der Waals surface area contributed by atoms with E-state index >= 15 is 0 Å². The highest BCUT2D eigenvalue weighted by Crippen LogP contribution is 2.28. The number of hydrogen-bond donors (Lipinski definition) is 1. The fourth-order valence-electron chi connectivity index (χ4n) is 4.50. The minimum absolute atomic E-state index is 0.0944. The lowest BCUT2D eigenvalue weighted by molar-refractivity contribution is -0.133. The average molecular weight is 380 g/mol. The van der Waals surface area contributed by atoms with E-state index in [4.69, 9.17) is 0 Å². The summed E-state index contributed by atoms with van der Waals surface area (Å²) in [6.45, 7) is 5.75. The number of aromatic nitrogens is 2. The summed E-state index contributed by atoms with van der Waals surface area (Å²) in [4.78, 5) is 35.9. The van der Waals surface area contributed by atoms with E-state index in [0.29, 0.717) is 18.3 Å². The third-order valence-corrected chi connectivity index (χ3v) is 6.05. The van der Waals surface area contributed by atoms with Gasteiger partial charge in [-0.05, 0) is 44.2 Å². The van der Waals surface area contributed by atoms with Crippen LogP contribution in [0.15, 0.2) is 41.2 Å². The third kappa shape index (κ3) is 4.33. The monoisotopic (exact) mass is 380 g/mol. The summed E-state index contributed by atoms with van der Waals surface area (Å²) in [6.07, 6.45) is 2.86. The van der Waals surface area contributed by atoms with Crippen LogP contribution in [0, 0.1) is 6.92 Å². The van der Waals surface area contributed by atoms with Gasteiger partial charge in [-0.15, -0.1) is 0 Å². The molecule has 1 atom stereocenters. The number of H-pyrrole nitrogens is 1. The number of aryl methyl sites for hydroxylation is 1. The van der Waals surface area contributed by atoms with Crippen molar-refractivity contribution < 1.29 is 4.79 Å². The van der Waals surface area contributed by atoms with Gasteiger partial charge in [0.05, 0.1) is 12.2 Å². The van der Waals surface area contributed by atoms with Crippen molar-refractivity contribution >= 4 is 5.91 Å². The Labute approximate surface area is 165 Å². The fraction of sp³-hybridized carbons (Fsp3) is 0.500. The number of nitrogens with zero attached hydrogens (tertiary/aromatic N) is 3. The Bertz CT molecular complexity index is 872. The Morgan fingerprint density at radius 3 is 2.54 bits per heavy atom. The van der Waals surface area contributed by atoms with Crippen molar-refractivity contribution in [1.82, 2.24) is 19.8 Å². The van der Waals surface area contributed by atoms with E-state index < -0.39 is 0 Å². The van der Waals surface area contributed by atoms with Crippen molar-refractivity contribution in [3.8, 4) is 0 Å². The molecule has 28 heavy (non-hydrogen) atoms. The number of amides is 1. The van der Waals surface area contributed by atoms with Gasteiger partial charge < -0.3 is 9.88 Å². The topological polar surface area (TPSA) is 69.3 Å². The largest absolute Gasteiger partial charge is 0.342 e. The van der Waals surface area contributed by atoms with E-state index in [1.54, 1.807) is 6.07 Å². The molecular weight excluding hydrogens is 352 g/mol. The molecule has 1 amide bonds. The van der Waals surface area contributed by atoms with Crippen LogP contribution in [0.25, 0.3) is 0 Å². The average Bonchev–Trinajstić information content (AvgIpc) is 3.16. The normalized spacial score (nSPS) is 21.2. The highest BCUT2D eigenvalue weighted by molar-refractivity contribution is 5.78. The second kappa shape index (κ2) is 8.27. The molecule has 0 bridgehead atoms. The van der Waals surface area contributed by atoms with Crippen molar-refractivity contribution in [2.45, 2.75) is 38.0 Å². The van der Waals surface area contributed by atoms with Gasteiger partial charge in [0.25, 0.3) is 5.56 Å². The number of benzene rings is 1. The third-order valence-electron chi connectivity index (χ3n) is 6.05. The van der Waals surface area contributed by atoms with Gasteiger partial charge in [0.2, 0.25) is 5.91 Å². The molecule has 6 heteroatoms. The van der Waals surface area contributed by atoms with Crippen LogP contribution in [0.3, 0.4) is 0 Å². The molecule has 4 rings (SSSR count).